The Morgan fingerprint density at radius 2 is 2.30 bits per heavy atom. The number of piperidine rings is 1. The zero-order chi connectivity index (χ0) is 14.4. The molecule has 1 N–H and O–H groups in total. The summed E-state index contributed by atoms with van der Waals surface area (Å²) in [7, 11) is 0. The first-order valence-corrected chi connectivity index (χ1v) is 7.23. The van der Waals surface area contributed by atoms with Gasteiger partial charge in [0.1, 0.15) is 0 Å². The summed E-state index contributed by atoms with van der Waals surface area (Å²) >= 11 is 0. The molecule has 1 aromatic carbocycles. The first kappa shape index (κ1) is 14.6. The van der Waals surface area contributed by atoms with E-state index in [0.717, 1.165) is 24.9 Å². The molecule has 1 unspecified atom stereocenters. The monoisotopic (exact) mass is 271 g/mol. The fraction of sp³-hybridized carbons (Fsp3) is 0.471. The Balaban J connectivity index is 2.14. The van der Waals surface area contributed by atoms with Crippen LogP contribution in [0.25, 0.3) is 0 Å². The molecule has 1 aliphatic rings. The van der Waals surface area contributed by atoms with Crippen LogP contribution < -0.4 is 0 Å². The maximum Gasteiger partial charge on any atom is 0.254 e. The largest absolute Gasteiger partial charge is 0.395 e. The molecule has 3 heteroatoms. The molecule has 1 amide bonds. The standard InChI is InChI=1S/C17H21NO2/c1-14-7-2-4-11-18(14)17(20)16-10-6-9-15(13-16)8-3-5-12-19/h6,9-10,13-14,19H,2,4-5,7,11-12H2,1H3. The van der Waals surface area contributed by atoms with Crippen molar-refractivity contribution in [3.05, 3.63) is 35.4 Å². The Kier molecular flexibility index (Phi) is 5.20. The lowest BCUT2D eigenvalue weighted by atomic mass is 10.0. The van der Waals surface area contributed by atoms with E-state index in [1.807, 2.05) is 29.2 Å². The normalized spacial score (nSPS) is 18.3. The fourth-order valence-electron chi connectivity index (χ4n) is 2.52. The van der Waals surface area contributed by atoms with Gasteiger partial charge in [-0.25, -0.2) is 0 Å². The highest BCUT2D eigenvalue weighted by molar-refractivity contribution is 5.94. The van der Waals surface area contributed by atoms with Crippen LogP contribution in [0.2, 0.25) is 0 Å². The van der Waals surface area contributed by atoms with Crippen LogP contribution in [-0.4, -0.2) is 35.1 Å². The van der Waals surface area contributed by atoms with Gasteiger partial charge in [0, 0.05) is 30.1 Å². The molecule has 0 spiro atoms. The first-order valence-electron chi connectivity index (χ1n) is 7.23. The third-order valence-electron chi connectivity index (χ3n) is 3.64. The maximum atomic E-state index is 12.5. The van der Waals surface area contributed by atoms with Crippen molar-refractivity contribution < 1.29 is 9.90 Å². The number of aliphatic hydroxyl groups excluding tert-OH is 1. The van der Waals surface area contributed by atoms with Gasteiger partial charge in [-0.2, -0.15) is 0 Å². The molecule has 2 rings (SSSR count). The molecular weight excluding hydrogens is 250 g/mol. The van der Waals surface area contributed by atoms with Crippen LogP contribution in [0.1, 0.15) is 48.5 Å². The first-order chi connectivity index (χ1) is 9.72. The highest BCUT2D eigenvalue weighted by atomic mass is 16.2. The molecule has 1 fully saturated rings. The molecule has 1 aliphatic heterocycles. The number of aliphatic hydroxyl groups is 1. The quantitative estimate of drug-likeness (QED) is 0.839. The average molecular weight is 271 g/mol. The Morgan fingerprint density at radius 3 is 3.05 bits per heavy atom. The van der Waals surface area contributed by atoms with Crippen molar-refractivity contribution in [3.63, 3.8) is 0 Å². The van der Waals surface area contributed by atoms with Gasteiger partial charge in [-0.1, -0.05) is 17.9 Å². The number of carbonyl (C=O) groups excluding carboxylic acids is 1. The molecule has 0 aromatic heterocycles. The highest BCUT2D eigenvalue weighted by Gasteiger charge is 2.24. The summed E-state index contributed by atoms with van der Waals surface area (Å²) in [5.41, 5.74) is 1.53. The third-order valence-corrected chi connectivity index (χ3v) is 3.64. The van der Waals surface area contributed by atoms with Crippen molar-refractivity contribution in [2.45, 2.75) is 38.6 Å². The van der Waals surface area contributed by atoms with E-state index in [2.05, 4.69) is 18.8 Å². The summed E-state index contributed by atoms with van der Waals surface area (Å²) < 4.78 is 0. The third kappa shape index (κ3) is 3.61. The second-order valence-corrected chi connectivity index (χ2v) is 5.20. The SMILES string of the molecule is CC1CCCCN1C(=O)c1cccc(C#CCCO)c1. The zero-order valence-corrected chi connectivity index (χ0v) is 11.9. The van der Waals surface area contributed by atoms with Crippen molar-refractivity contribution >= 4 is 5.91 Å². The van der Waals surface area contributed by atoms with Crippen molar-refractivity contribution in [2.24, 2.45) is 0 Å². The molecule has 1 atom stereocenters. The summed E-state index contributed by atoms with van der Waals surface area (Å²) in [4.78, 5) is 14.5. The molecule has 106 valence electrons. The fourth-order valence-corrected chi connectivity index (χ4v) is 2.52. The molecule has 20 heavy (non-hydrogen) atoms. The van der Waals surface area contributed by atoms with Crippen molar-refractivity contribution in [3.8, 4) is 11.8 Å². The van der Waals surface area contributed by atoms with Crippen LogP contribution in [0.15, 0.2) is 24.3 Å². The average Bonchev–Trinajstić information content (AvgIpc) is 2.48. The van der Waals surface area contributed by atoms with E-state index in [1.165, 1.54) is 6.42 Å². The number of rotatable bonds is 2. The van der Waals surface area contributed by atoms with Gasteiger partial charge in [0.05, 0.1) is 6.61 Å². The van der Waals surface area contributed by atoms with Crippen LogP contribution in [-0.2, 0) is 0 Å². The van der Waals surface area contributed by atoms with Gasteiger partial charge in [0.15, 0.2) is 0 Å². The van der Waals surface area contributed by atoms with Crippen LogP contribution in [0.5, 0.6) is 0 Å². The molecule has 0 saturated carbocycles. The molecule has 0 bridgehead atoms. The minimum absolute atomic E-state index is 0.0664. The van der Waals surface area contributed by atoms with Gasteiger partial charge in [0.25, 0.3) is 5.91 Å². The summed E-state index contributed by atoms with van der Waals surface area (Å²) in [5.74, 6) is 5.96. The highest BCUT2D eigenvalue weighted by Crippen LogP contribution is 2.19. The van der Waals surface area contributed by atoms with Gasteiger partial charge in [0.2, 0.25) is 0 Å². The smallest absolute Gasteiger partial charge is 0.254 e. The Hall–Kier alpha value is -1.79. The number of amides is 1. The molecule has 3 nitrogen and oxygen atoms in total. The lowest BCUT2D eigenvalue weighted by Gasteiger charge is -2.33. The van der Waals surface area contributed by atoms with E-state index in [-0.39, 0.29) is 12.5 Å². The van der Waals surface area contributed by atoms with Crippen molar-refractivity contribution in [1.82, 2.24) is 4.90 Å². The van der Waals surface area contributed by atoms with Crippen LogP contribution in [0, 0.1) is 11.8 Å². The van der Waals surface area contributed by atoms with Crippen molar-refractivity contribution in [1.29, 1.82) is 0 Å². The molecule has 1 heterocycles. The van der Waals surface area contributed by atoms with E-state index >= 15 is 0 Å². The van der Waals surface area contributed by atoms with Crippen LogP contribution in [0.3, 0.4) is 0 Å². The molecular formula is C17H21NO2. The Labute approximate surface area is 120 Å². The summed E-state index contributed by atoms with van der Waals surface area (Å²) in [6.07, 6.45) is 3.84. The summed E-state index contributed by atoms with van der Waals surface area (Å²) in [6, 6.07) is 7.76. The molecule has 0 aliphatic carbocycles. The maximum absolute atomic E-state index is 12.5. The number of benzene rings is 1. The minimum atomic E-state index is 0.0664. The number of hydrogen-bond donors (Lipinski definition) is 1. The second kappa shape index (κ2) is 7.12. The van der Waals surface area contributed by atoms with Crippen molar-refractivity contribution in [2.75, 3.05) is 13.2 Å². The van der Waals surface area contributed by atoms with E-state index in [0.29, 0.717) is 18.0 Å². The topological polar surface area (TPSA) is 40.5 Å². The van der Waals surface area contributed by atoms with Crippen LogP contribution >= 0.6 is 0 Å². The minimum Gasteiger partial charge on any atom is -0.395 e. The number of nitrogens with zero attached hydrogens (tertiary/aromatic N) is 1. The predicted octanol–water partition coefficient (Wildman–Crippen LogP) is 2.44. The van der Waals surface area contributed by atoms with E-state index in [4.69, 9.17) is 5.11 Å². The number of likely N-dealkylation sites (tertiary alicyclic amines) is 1. The van der Waals surface area contributed by atoms with Gasteiger partial charge in [-0.3, -0.25) is 4.79 Å². The Bertz CT molecular complexity index is 527. The van der Waals surface area contributed by atoms with Gasteiger partial charge < -0.3 is 10.0 Å². The molecule has 1 saturated heterocycles. The van der Waals surface area contributed by atoms with Gasteiger partial charge in [-0.15, -0.1) is 0 Å². The van der Waals surface area contributed by atoms with E-state index in [1.54, 1.807) is 0 Å². The van der Waals surface area contributed by atoms with Gasteiger partial charge in [-0.05, 0) is 44.4 Å². The number of carbonyl (C=O) groups is 1. The lowest BCUT2D eigenvalue weighted by Crippen LogP contribution is -2.42. The van der Waals surface area contributed by atoms with Gasteiger partial charge >= 0.3 is 0 Å². The number of hydrogen-bond acceptors (Lipinski definition) is 2. The molecule has 1 aromatic rings. The summed E-state index contributed by atoms with van der Waals surface area (Å²) in [6.45, 7) is 3.03. The van der Waals surface area contributed by atoms with E-state index in [9.17, 15) is 4.79 Å². The lowest BCUT2D eigenvalue weighted by molar-refractivity contribution is 0.0635. The zero-order valence-electron chi connectivity index (χ0n) is 11.9. The predicted molar refractivity (Wildman–Crippen MR) is 79.4 cm³/mol. The molecule has 0 radical (unpaired) electrons. The summed E-state index contributed by atoms with van der Waals surface area (Å²) in [5, 5.41) is 8.72. The Morgan fingerprint density at radius 1 is 1.45 bits per heavy atom. The second-order valence-electron chi connectivity index (χ2n) is 5.20. The van der Waals surface area contributed by atoms with E-state index < -0.39 is 0 Å². The van der Waals surface area contributed by atoms with Crippen LogP contribution in [0.4, 0.5) is 0 Å².